The molecular formula is C19H24N6O. The van der Waals surface area contributed by atoms with E-state index in [1.807, 2.05) is 49.6 Å². The Morgan fingerprint density at radius 3 is 2.81 bits per heavy atom. The van der Waals surface area contributed by atoms with Crippen LogP contribution < -0.4 is 5.32 Å². The molecule has 0 atom stereocenters. The van der Waals surface area contributed by atoms with Gasteiger partial charge in [-0.1, -0.05) is 13.8 Å². The van der Waals surface area contributed by atoms with Crippen molar-refractivity contribution in [2.75, 3.05) is 18.4 Å². The average Bonchev–Trinajstić information content (AvgIpc) is 3.33. The van der Waals surface area contributed by atoms with Gasteiger partial charge in [0.1, 0.15) is 5.65 Å². The maximum Gasteiger partial charge on any atom is 0.225 e. The molecule has 0 aromatic carbocycles. The molecule has 4 heterocycles. The predicted octanol–water partition coefficient (Wildman–Crippen LogP) is 3.01. The molecule has 1 amide bonds. The first kappa shape index (κ1) is 16.6. The zero-order valence-corrected chi connectivity index (χ0v) is 15.1. The Hall–Kier alpha value is -2.83. The maximum atomic E-state index is 12.2. The highest BCUT2D eigenvalue weighted by atomic mass is 16.2. The lowest BCUT2D eigenvalue weighted by atomic mass is 10.0. The number of aromatic amines is 2. The summed E-state index contributed by atoms with van der Waals surface area (Å²) in [6.07, 6.45) is 9.36. The third-order valence-electron chi connectivity index (χ3n) is 5.04. The smallest absolute Gasteiger partial charge is 0.225 e. The van der Waals surface area contributed by atoms with Gasteiger partial charge in [0.25, 0.3) is 0 Å². The second-order valence-corrected chi connectivity index (χ2v) is 7.17. The Bertz CT molecular complexity index is 890. The van der Waals surface area contributed by atoms with Gasteiger partial charge in [-0.15, -0.1) is 0 Å². The summed E-state index contributed by atoms with van der Waals surface area (Å²) in [5.41, 5.74) is 3.99. The molecule has 7 nitrogen and oxygen atoms in total. The fourth-order valence-electron chi connectivity index (χ4n) is 3.59. The van der Waals surface area contributed by atoms with Crippen molar-refractivity contribution in [3.63, 3.8) is 0 Å². The Morgan fingerprint density at radius 1 is 1.31 bits per heavy atom. The van der Waals surface area contributed by atoms with E-state index in [9.17, 15) is 4.79 Å². The molecule has 0 aliphatic carbocycles. The van der Waals surface area contributed by atoms with Crippen molar-refractivity contribution in [1.82, 2.24) is 25.1 Å². The van der Waals surface area contributed by atoms with Crippen LogP contribution in [0.4, 0.5) is 5.69 Å². The number of H-pyrrole nitrogens is 2. The Kier molecular flexibility index (Phi) is 4.36. The number of pyridine rings is 1. The number of anilines is 1. The SMILES string of the molecule is CC(C)C(=O)N1CCC(Nc2c(-c3cn[nH]c3)cnc3[nH]ccc23)CC1. The monoisotopic (exact) mass is 352 g/mol. The van der Waals surface area contributed by atoms with Crippen LogP contribution in [0.2, 0.25) is 0 Å². The lowest BCUT2D eigenvalue weighted by molar-refractivity contribution is -0.135. The zero-order valence-electron chi connectivity index (χ0n) is 15.1. The maximum absolute atomic E-state index is 12.2. The number of aromatic nitrogens is 4. The lowest BCUT2D eigenvalue weighted by Gasteiger charge is -2.34. The Labute approximate surface area is 152 Å². The second-order valence-electron chi connectivity index (χ2n) is 7.17. The fourth-order valence-corrected chi connectivity index (χ4v) is 3.59. The summed E-state index contributed by atoms with van der Waals surface area (Å²) in [6.45, 7) is 5.53. The number of fused-ring (bicyclic) bond motifs is 1. The van der Waals surface area contributed by atoms with Crippen molar-refractivity contribution in [2.24, 2.45) is 5.92 Å². The van der Waals surface area contributed by atoms with Crippen molar-refractivity contribution in [3.8, 4) is 11.1 Å². The minimum atomic E-state index is 0.0619. The Morgan fingerprint density at radius 2 is 2.12 bits per heavy atom. The van der Waals surface area contributed by atoms with Gasteiger partial charge in [0.2, 0.25) is 5.91 Å². The van der Waals surface area contributed by atoms with Crippen LogP contribution in [0.25, 0.3) is 22.2 Å². The second kappa shape index (κ2) is 6.82. The molecular weight excluding hydrogens is 328 g/mol. The van der Waals surface area contributed by atoms with E-state index in [-0.39, 0.29) is 11.8 Å². The number of nitrogens with one attached hydrogen (secondary N) is 3. The number of hydrogen-bond donors (Lipinski definition) is 3. The summed E-state index contributed by atoms with van der Waals surface area (Å²) in [4.78, 5) is 21.9. The zero-order chi connectivity index (χ0) is 18.1. The highest BCUT2D eigenvalue weighted by Gasteiger charge is 2.25. The van der Waals surface area contributed by atoms with Gasteiger partial charge in [-0.25, -0.2) is 4.98 Å². The van der Waals surface area contributed by atoms with Crippen LogP contribution in [0.15, 0.2) is 30.9 Å². The van der Waals surface area contributed by atoms with Crippen molar-refractivity contribution < 1.29 is 4.79 Å². The highest BCUT2D eigenvalue weighted by Crippen LogP contribution is 2.34. The van der Waals surface area contributed by atoms with Crippen molar-refractivity contribution >= 4 is 22.6 Å². The lowest BCUT2D eigenvalue weighted by Crippen LogP contribution is -2.44. The molecule has 3 aromatic heterocycles. The molecule has 3 N–H and O–H groups in total. The summed E-state index contributed by atoms with van der Waals surface area (Å²) in [6, 6.07) is 2.38. The average molecular weight is 352 g/mol. The van der Waals surface area contributed by atoms with E-state index in [0.29, 0.717) is 6.04 Å². The van der Waals surface area contributed by atoms with Crippen LogP contribution >= 0.6 is 0 Å². The number of likely N-dealkylation sites (tertiary alicyclic amines) is 1. The first-order valence-electron chi connectivity index (χ1n) is 9.14. The fraction of sp³-hybridized carbons (Fsp3) is 0.421. The van der Waals surface area contributed by atoms with Gasteiger partial charge in [0, 0.05) is 60.2 Å². The first-order valence-corrected chi connectivity index (χ1v) is 9.14. The normalized spacial score (nSPS) is 15.7. The highest BCUT2D eigenvalue weighted by molar-refractivity contribution is 5.98. The molecule has 1 fully saturated rings. The molecule has 1 aliphatic heterocycles. The van der Waals surface area contributed by atoms with Crippen LogP contribution in [0, 0.1) is 5.92 Å². The van der Waals surface area contributed by atoms with Gasteiger partial charge in [0.15, 0.2) is 0 Å². The third kappa shape index (κ3) is 3.05. The third-order valence-corrected chi connectivity index (χ3v) is 5.04. The number of hydrogen-bond acceptors (Lipinski definition) is 4. The minimum absolute atomic E-state index is 0.0619. The molecule has 7 heteroatoms. The standard InChI is InChI=1S/C19H24N6O/c1-12(2)19(26)25-7-4-14(5-8-25)24-17-15-3-6-20-18(15)21-11-16(17)13-9-22-23-10-13/h3,6,9-12,14H,4-5,7-8H2,1-2H3,(H,22,23)(H2,20,21,24). The van der Waals surface area contributed by atoms with E-state index in [0.717, 1.165) is 53.8 Å². The molecule has 0 saturated carbocycles. The molecule has 4 rings (SSSR count). The molecule has 0 bridgehead atoms. The molecule has 26 heavy (non-hydrogen) atoms. The van der Waals surface area contributed by atoms with Gasteiger partial charge in [-0.2, -0.15) is 5.10 Å². The number of carbonyl (C=O) groups excluding carboxylic acids is 1. The van der Waals surface area contributed by atoms with Gasteiger partial charge >= 0.3 is 0 Å². The minimum Gasteiger partial charge on any atom is -0.381 e. The van der Waals surface area contributed by atoms with E-state index >= 15 is 0 Å². The molecule has 1 saturated heterocycles. The van der Waals surface area contributed by atoms with E-state index < -0.39 is 0 Å². The quantitative estimate of drug-likeness (QED) is 0.673. The van der Waals surface area contributed by atoms with Gasteiger partial charge in [0.05, 0.1) is 11.9 Å². The van der Waals surface area contributed by atoms with E-state index in [1.54, 1.807) is 0 Å². The van der Waals surface area contributed by atoms with Crippen molar-refractivity contribution in [2.45, 2.75) is 32.7 Å². The van der Waals surface area contributed by atoms with Crippen LogP contribution in [-0.4, -0.2) is 50.1 Å². The number of carbonyl (C=O) groups is 1. The summed E-state index contributed by atoms with van der Waals surface area (Å²) >= 11 is 0. The number of rotatable bonds is 4. The largest absolute Gasteiger partial charge is 0.381 e. The van der Waals surface area contributed by atoms with E-state index in [1.165, 1.54) is 0 Å². The molecule has 3 aromatic rings. The van der Waals surface area contributed by atoms with Crippen molar-refractivity contribution in [3.05, 3.63) is 30.9 Å². The topological polar surface area (TPSA) is 89.7 Å². The van der Waals surface area contributed by atoms with Crippen molar-refractivity contribution in [1.29, 1.82) is 0 Å². The Balaban J connectivity index is 1.57. The number of piperidine rings is 1. The first-order chi connectivity index (χ1) is 12.6. The molecule has 1 aliphatic rings. The number of nitrogens with zero attached hydrogens (tertiary/aromatic N) is 3. The molecule has 0 spiro atoms. The van der Waals surface area contributed by atoms with E-state index in [4.69, 9.17) is 0 Å². The summed E-state index contributed by atoms with van der Waals surface area (Å²) in [5.74, 6) is 0.311. The van der Waals surface area contributed by atoms with Crippen LogP contribution in [0.1, 0.15) is 26.7 Å². The molecule has 0 unspecified atom stereocenters. The van der Waals surface area contributed by atoms with Gasteiger partial charge in [-0.3, -0.25) is 9.89 Å². The van der Waals surface area contributed by atoms with Gasteiger partial charge in [-0.05, 0) is 18.9 Å². The van der Waals surface area contributed by atoms with Gasteiger partial charge < -0.3 is 15.2 Å². The van der Waals surface area contributed by atoms with Crippen LogP contribution in [0.3, 0.4) is 0 Å². The number of amides is 1. The molecule has 0 radical (unpaired) electrons. The summed E-state index contributed by atoms with van der Waals surface area (Å²) in [7, 11) is 0. The van der Waals surface area contributed by atoms with E-state index in [2.05, 4.69) is 25.5 Å². The summed E-state index contributed by atoms with van der Waals surface area (Å²) in [5, 5.41) is 11.7. The van der Waals surface area contributed by atoms with Crippen LogP contribution in [-0.2, 0) is 4.79 Å². The molecule has 136 valence electrons. The van der Waals surface area contributed by atoms with Crippen LogP contribution in [0.5, 0.6) is 0 Å². The summed E-state index contributed by atoms with van der Waals surface area (Å²) < 4.78 is 0. The predicted molar refractivity (Wildman–Crippen MR) is 102 cm³/mol.